The van der Waals surface area contributed by atoms with Crippen molar-refractivity contribution in [2.75, 3.05) is 0 Å². The average Bonchev–Trinajstić information content (AvgIpc) is 2.58. The lowest BCUT2D eigenvalue weighted by atomic mass is 10.1. The topological polar surface area (TPSA) is 37.8 Å². The fourth-order valence-corrected chi connectivity index (χ4v) is 2.00. The second-order valence-electron chi connectivity index (χ2n) is 4.88. The van der Waals surface area contributed by atoms with Crippen molar-refractivity contribution in [3.8, 4) is 5.69 Å². The zero-order valence-electron chi connectivity index (χ0n) is 10.5. The number of aromatic amines is 1. The molecule has 0 aliphatic heterocycles. The van der Waals surface area contributed by atoms with E-state index >= 15 is 0 Å². The minimum absolute atomic E-state index is 0.0397. The van der Waals surface area contributed by atoms with Crippen LogP contribution in [0, 0.1) is 12.8 Å². The van der Waals surface area contributed by atoms with Gasteiger partial charge in [-0.3, -0.25) is 14.6 Å². The van der Waals surface area contributed by atoms with Gasteiger partial charge < -0.3 is 0 Å². The second-order valence-corrected chi connectivity index (χ2v) is 4.88. The Balaban J connectivity index is 2.47. The molecule has 0 fully saturated rings. The van der Waals surface area contributed by atoms with Gasteiger partial charge in [0.1, 0.15) is 0 Å². The van der Waals surface area contributed by atoms with E-state index in [1.54, 1.807) is 6.07 Å². The smallest absolute Gasteiger partial charge is 0.264 e. The number of nitrogens with zero attached hydrogens (tertiary/aromatic N) is 1. The molecule has 2 aromatic rings. The van der Waals surface area contributed by atoms with Crippen molar-refractivity contribution < 1.29 is 0 Å². The predicted molar refractivity (Wildman–Crippen MR) is 69.7 cm³/mol. The number of H-pyrrole nitrogens is 1. The first kappa shape index (κ1) is 11.7. The molecule has 1 heterocycles. The summed E-state index contributed by atoms with van der Waals surface area (Å²) >= 11 is 0. The van der Waals surface area contributed by atoms with Crippen LogP contribution in [0.1, 0.15) is 25.1 Å². The largest absolute Gasteiger partial charge is 0.268 e. The highest BCUT2D eigenvalue weighted by molar-refractivity contribution is 5.36. The van der Waals surface area contributed by atoms with Crippen LogP contribution in [-0.2, 0) is 6.42 Å². The Kier molecular flexibility index (Phi) is 3.18. The molecule has 17 heavy (non-hydrogen) atoms. The molecule has 0 radical (unpaired) electrons. The average molecular weight is 230 g/mol. The molecule has 0 aliphatic rings. The fourth-order valence-electron chi connectivity index (χ4n) is 2.00. The van der Waals surface area contributed by atoms with Crippen LogP contribution in [0.2, 0.25) is 0 Å². The van der Waals surface area contributed by atoms with Crippen molar-refractivity contribution in [3.05, 3.63) is 51.9 Å². The summed E-state index contributed by atoms with van der Waals surface area (Å²) in [5, 5.41) is 2.85. The Morgan fingerprint density at radius 3 is 2.71 bits per heavy atom. The summed E-state index contributed by atoms with van der Waals surface area (Å²) in [5.41, 5.74) is 3.20. The lowest BCUT2D eigenvalue weighted by Gasteiger charge is -2.10. The third kappa shape index (κ3) is 2.67. The molecule has 1 aromatic heterocycles. The molecule has 0 unspecified atom stereocenters. The van der Waals surface area contributed by atoms with Crippen molar-refractivity contribution in [3.63, 3.8) is 0 Å². The van der Waals surface area contributed by atoms with Crippen LogP contribution in [0.25, 0.3) is 5.69 Å². The molecule has 90 valence electrons. The highest BCUT2D eigenvalue weighted by Crippen LogP contribution is 2.13. The Labute approximate surface area is 101 Å². The van der Waals surface area contributed by atoms with Gasteiger partial charge in [-0.05, 0) is 37.0 Å². The third-order valence-corrected chi connectivity index (χ3v) is 2.68. The van der Waals surface area contributed by atoms with Gasteiger partial charge in [-0.2, -0.15) is 0 Å². The van der Waals surface area contributed by atoms with E-state index in [0.29, 0.717) is 5.92 Å². The lowest BCUT2D eigenvalue weighted by molar-refractivity contribution is 0.616. The van der Waals surface area contributed by atoms with Crippen molar-refractivity contribution in [2.24, 2.45) is 5.92 Å². The molecule has 0 bridgehead atoms. The Bertz CT molecular complexity index is 564. The van der Waals surface area contributed by atoms with Gasteiger partial charge in [-0.1, -0.05) is 26.0 Å². The molecular weight excluding hydrogens is 212 g/mol. The number of benzene rings is 1. The number of rotatable bonds is 3. The summed E-state index contributed by atoms with van der Waals surface area (Å²) in [4.78, 5) is 11.5. The number of nitrogens with one attached hydrogen (secondary N) is 1. The van der Waals surface area contributed by atoms with Crippen molar-refractivity contribution in [1.29, 1.82) is 0 Å². The van der Waals surface area contributed by atoms with Crippen LogP contribution in [-0.4, -0.2) is 9.78 Å². The first-order valence-electron chi connectivity index (χ1n) is 5.94. The Morgan fingerprint density at radius 1 is 1.29 bits per heavy atom. The quantitative estimate of drug-likeness (QED) is 0.865. The van der Waals surface area contributed by atoms with Gasteiger partial charge in [0.25, 0.3) is 5.56 Å². The lowest BCUT2D eigenvalue weighted by Crippen LogP contribution is -2.07. The van der Waals surface area contributed by atoms with E-state index in [9.17, 15) is 4.79 Å². The Hall–Kier alpha value is -1.77. The van der Waals surface area contributed by atoms with Crippen molar-refractivity contribution in [2.45, 2.75) is 27.2 Å². The second kappa shape index (κ2) is 4.62. The summed E-state index contributed by atoms with van der Waals surface area (Å²) < 4.78 is 1.88. The summed E-state index contributed by atoms with van der Waals surface area (Å²) in [6, 6.07) is 9.81. The predicted octanol–water partition coefficient (Wildman–Crippen LogP) is 2.67. The maximum absolute atomic E-state index is 11.5. The van der Waals surface area contributed by atoms with Crippen LogP contribution < -0.4 is 5.56 Å². The molecule has 3 nitrogen and oxygen atoms in total. The number of hydrogen-bond acceptors (Lipinski definition) is 1. The summed E-state index contributed by atoms with van der Waals surface area (Å²) in [5.74, 6) is 0.529. The molecule has 0 saturated heterocycles. The molecule has 1 aromatic carbocycles. The summed E-state index contributed by atoms with van der Waals surface area (Å²) in [7, 11) is 0. The minimum Gasteiger partial charge on any atom is -0.268 e. The molecule has 2 rings (SSSR count). The van der Waals surface area contributed by atoms with Gasteiger partial charge in [-0.25, -0.2) is 0 Å². The zero-order chi connectivity index (χ0) is 12.4. The molecule has 0 spiro atoms. The van der Waals surface area contributed by atoms with E-state index in [1.165, 1.54) is 5.56 Å². The molecule has 3 heteroatoms. The van der Waals surface area contributed by atoms with E-state index in [4.69, 9.17) is 0 Å². The SMILES string of the molecule is Cc1cccc(-n2[nH]c(=O)cc2CC(C)C)c1. The van der Waals surface area contributed by atoms with Gasteiger partial charge in [0, 0.05) is 11.8 Å². The fraction of sp³-hybridized carbons (Fsp3) is 0.357. The van der Waals surface area contributed by atoms with Gasteiger partial charge in [-0.15, -0.1) is 0 Å². The monoisotopic (exact) mass is 230 g/mol. The normalized spacial score (nSPS) is 11.1. The van der Waals surface area contributed by atoms with E-state index in [0.717, 1.165) is 17.8 Å². The highest BCUT2D eigenvalue weighted by atomic mass is 16.1. The standard InChI is InChI=1S/C14H18N2O/c1-10(2)7-13-9-14(17)15-16(13)12-6-4-5-11(3)8-12/h4-6,8-10H,7H2,1-3H3,(H,15,17). The highest BCUT2D eigenvalue weighted by Gasteiger charge is 2.08. The van der Waals surface area contributed by atoms with Crippen LogP contribution in [0.4, 0.5) is 0 Å². The molecule has 0 atom stereocenters. The first-order valence-corrected chi connectivity index (χ1v) is 5.94. The van der Waals surface area contributed by atoms with E-state index in [-0.39, 0.29) is 5.56 Å². The molecule has 0 amide bonds. The third-order valence-electron chi connectivity index (χ3n) is 2.68. The van der Waals surface area contributed by atoms with Crippen molar-refractivity contribution >= 4 is 0 Å². The minimum atomic E-state index is -0.0397. The van der Waals surface area contributed by atoms with Gasteiger partial charge in [0.2, 0.25) is 0 Å². The summed E-state index contributed by atoms with van der Waals surface area (Å²) in [6.07, 6.45) is 0.896. The van der Waals surface area contributed by atoms with Crippen molar-refractivity contribution in [1.82, 2.24) is 9.78 Å². The zero-order valence-corrected chi connectivity index (χ0v) is 10.5. The maximum atomic E-state index is 11.5. The number of hydrogen-bond donors (Lipinski definition) is 1. The van der Waals surface area contributed by atoms with E-state index in [1.807, 2.05) is 29.8 Å². The molecule has 0 aliphatic carbocycles. The van der Waals surface area contributed by atoms with Crippen LogP contribution >= 0.6 is 0 Å². The van der Waals surface area contributed by atoms with Crippen LogP contribution in [0.15, 0.2) is 35.1 Å². The molecule has 0 saturated carbocycles. The van der Waals surface area contributed by atoms with E-state index in [2.05, 4.69) is 25.0 Å². The molecular formula is C14H18N2O. The van der Waals surface area contributed by atoms with Gasteiger partial charge in [0.05, 0.1) is 5.69 Å². The Morgan fingerprint density at radius 2 is 2.06 bits per heavy atom. The molecule has 1 N–H and O–H groups in total. The maximum Gasteiger partial charge on any atom is 0.264 e. The number of aromatic nitrogens is 2. The summed E-state index contributed by atoms with van der Waals surface area (Å²) in [6.45, 7) is 6.35. The van der Waals surface area contributed by atoms with Gasteiger partial charge in [0.15, 0.2) is 0 Å². The first-order chi connectivity index (χ1) is 8.06. The van der Waals surface area contributed by atoms with E-state index < -0.39 is 0 Å². The van der Waals surface area contributed by atoms with Gasteiger partial charge >= 0.3 is 0 Å². The van der Waals surface area contributed by atoms with Crippen LogP contribution in [0.5, 0.6) is 0 Å². The van der Waals surface area contributed by atoms with Crippen LogP contribution in [0.3, 0.4) is 0 Å². The number of aryl methyl sites for hydroxylation is 1.